The summed E-state index contributed by atoms with van der Waals surface area (Å²) in [6.07, 6.45) is 5.24. The van der Waals surface area contributed by atoms with Crippen molar-refractivity contribution in [3.63, 3.8) is 0 Å². The first kappa shape index (κ1) is 10.4. The molecule has 16 heavy (non-hydrogen) atoms. The van der Waals surface area contributed by atoms with Gasteiger partial charge in [-0.05, 0) is 55.0 Å². The van der Waals surface area contributed by atoms with Crippen molar-refractivity contribution in [2.24, 2.45) is 0 Å². The van der Waals surface area contributed by atoms with E-state index in [1.807, 2.05) is 23.5 Å². The summed E-state index contributed by atoms with van der Waals surface area (Å²) >= 11 is 7.85. The predicted molar refractivity (Wildman–Crippen MR) is 71.4 cm³/mol. The topological polar surface area (TPSA) is 0 Å². The van der Waals surface area contributed by atoms with Crippen LogP contribution < -0.4 is 0 Å². The van der Waals surface area contributed by atoms with Gasteiger partial charge < -0.3 is 0 Å². The molecule has 1 aliphatic carbocycles. The van der Waals surface area contributed by atoms with Crippen LogP contribution in [-0.2, 0) is 12.8 Å². The van der Waals surface area contributed by atoms with E-state index in [-0.39, 0.29) is 0 Å². The average Bonchev–Trinajstić information content (AvgIpc) is 2.73. The molecule has 0 aliphatic heterocycles. The van der Waals surface area contributed by atoms with Crippen LogP contribution in [0.1, 0.15) is 23.3 Å². The maximum absolute atomic E-state index is 5.90. The van der Waals surface area contributed by atoms with Crippen molar-refractivity contribution < 1.29 is 0 Å². The van der Waals surface area contributed by atoms with E-state index in [9.17, 15) is 0 Å². The first-order valence-corrected chi connectivity index (χ1v) is 6.90. The number of benzene rings is 1. The number of fused-ring (bicyclic) bond motifs is 1. The van der Waals surface area contributed by atoms with E-state index in [0.717, 1.165) is 5.02 Å². The van der Waals surface area contributed by atoms with Crippen LogP contribution in [0.3, 0.4) is 0 Å². The molecule has 82 valence electrons. The van der Waals surface area contributed by atoms with Crippen LogP contribution in [0.4, 0.5) is 0 Å². The Morgan fingerprint density at radius 2 is 1.75 bits per heavy atom. The monoisotopic (exact) mass is 248 g/mol. The Morgan fingerprint density at radius 1 is 1.00 bits per heavy atom. The molecule has 0 spiro atoms. The van der Waals surface area contributed by atoms with Gasteiger partial charge in [0.1, 0.15) is 0 Å². The van der Waals surface area contributed by atoms with Gasteiger partial charge >= 0.3 is 0 Å². The smallest absolute Gasteiger partial charge is 0.0406 e. The molecule has 1 aromatic carbocycles. The van der Waals surface area contributed by atoms with Crippen molar-refractivity contribution in [2.75, 3.05) is 0 Å². The maximum Gasteiger partial charge on any atom is 0.0406 e. The van der Waals surface area contributed by atoms with E-state index in [1.54, 1.807) is 10.4 Å². The van der Waals surface area contributed by atoms with Gasteiger partial charge in [0.25, 0.3) is 0 Å². The molecule has 0 atom stereocenters. The summed E-state index contributed by atoms with van der Waals surface area (Å²) in [5, 5.41) is 0.810. The fourth-order valence-electron chi connectivity index (χ4n) is 2.25. The largest absolute Gasteiger partial charge is 0.140 e. The summed E-state index contributed by atoms with van der Waals surface area (Å²) in [5.41, 5.74) is 2.87. The summed E-state index contributed by atoms with van der Waals surface area (Å²) in [6.45, 7) is 0. The lowest BCUT2D eigenvalue weighted by Crippen LogP contribution is -1.96. The molecule has 2 heteroatoms. The van der Waals surface area contributed by atoms with Crippen molar-refractivity contribution in [3.8, 4) is 10.4 Å². The minimum Gasteiger partial charge on any atom is -0.140 e. The molecule has 0 unspecified atom stereocenters. The molecular weight excluding hydrogens is 236 g/mol. The molecule has 0 radical (unpaired) electrons. The molecule has 0 fully saturated rings. The van der Waals surface area contributed by atoms with Crippen molar-refractivity contribution in [2.45, 2.75) is 25.7 Å². The molecule has 2 aromatic rings. The normalized spacial score (nSPS) is 14.8. The minimum absolute atomic E-state index is 0.810. The van der Waals surface area contributed by atoms with E-state index in [1.165, 1.54) is 36.1 Å². The van der Waals surface area contributed by atoms with Gasteiger partial charge in [-0.1, -0.05) is 23.7 Å². The first-order valence-electron chi connectivity index (χ1n) is 5.70. The summed E-state index contributed by atoms with van der Waals surface area (Å²) in [4.78, 5) is 2.99. The van der Waals surface area contributed by atoms with Crippen LogP contribution in [0.5, 0.6) is 0 Å². The van der Waals surface area contributed by atoms with Crippen LogP contribution in [0, 0.1) is 0 Å². The summed E-state index contributed by atoms with van der Waals surface area (Å²) in [6, 6.07) is 10.5. The Kier molecular flexibility index (Phi) is 2.74. The minimum atomic E-state index is 0.810. The Morgan fingerprint density at radius 3 is 2.50 bits per heavy atom. The number of hydrogen-bond donors (Lipinski definition) is 0. The van der Waals surface area contributed by atoms with E-state index < -0.39 is 0 Å². The van der Waals surface area contributed by atoms with Gasteiger partial charge in [0.15, 0.2) is 0 Å². The van der Waals surface area contributed by atoms with Crippen LogP contribution in [0.2, 0.25) is 5.02 Å². The van der Waals surface area contributed by atoms with Gasteiger partial charge in [-0.15, -0.1) is 11.3 Å². The highest BCUT2D eigenvalue weighted by Gasteiger charge is 2.13. The molecule has 1 aliphatic rings. The fraction of sp³-hybridized carbons (Fsp3) is 0.286. The van der Waals surface area contributed by atoms with Gasteiger partial charge in [0.2, 0.25) is 0 Å². The van der Waals surface area contributed by atoms with Gasteiger partial charge in [0.05, 0.1) is 0 Å². The van der Waals surface area contributed by atoms with Gasteiger partial charge in [-0.3, -0.25) is 0 Å². The lowest BCUT2D eigenvalue weighted by Gasteiger charge is -2.08. The molecule has 0 bridgehead atoms. The molecule has 3 rings (SSSR count). The SMILES string of the molecule is Clc1ccc(-c2cc3c(s2)CCCC3)cc1. The van der Waals surface area contributed by atoms with Crippen LogP contribution in [0.25, 0.3) is 10.4 Å². The zero-order valence-corrected chi connectivity index (χ0v) is 10.6. The Labute approximate surface area is 105 Å². The number of thiophene rings is 1. The number of rotatable bonds is 1. The molecule has 0 nitrogen and oxygen atoms in total. The third kappa shape index (κ3) is 1.90. The lowest BCUT2D eigenvalue weighted by atomic mass is 9.99. The number of aryl methyl sites for hydroxylation is 2. The Bertz CT molecular complexity index is 472. The molecule has 1 aromatic heterocycles. The summed E-state index contributed by atoms with van der Waals surface area (Å²) in [5.74, 6) is 0. The lowest BCUT2D eigenvalue weighted by molar-refractivity contribution is 0.697. The zero-order valence-electron chi connectivity index (χ0n) is 9.00. The highest BCUT2D eigenvalue weighted by molar-refractivity contribution is 7.15. The highest BCUT2D eigenvalue weighted by atomic mass is 35.5. The quantitative estimate of drug-likeness (QED) is 0.670. The van der Waals surface area contributed by atoms with E-state index in [0.29, 0.717) is 0 Å². The third-order valence-corrected chi connectivity index (χ3v) is 4.66. The zero-order chi connectivity index (χ0) is 11.0. The highest BCUT2D eigenvalue weighted by Crippen LogP contribution is 2.35. The fourth-order valence-corrected chi connectivity index (χ4v) is 3.63. The molecule has 0 N–H and O–H groups in total. The second-order valence-electron chi connectivity index (χ2n) is 4.27. The van der Waals surface area contributed by atoms with E-state index >= 15 is 0 Å². The Hall–Kier alpha value is -0.790. The molecule has 0 amide bonds. The van der Waals surface area contributed by atoms with Crippen molar-refractivity contribution in [1.29, 1.82) is 0 Å². The summed E-state index contributed by atoms with van der Waals surface area (Å²) < 4.78 is 0. The number of hydrogen-bond acceptors (Lipinski definition) is 1. The number of halogens is 1. The van der Waals surface area contributed by atoms with Gasteiger partial charge in [-0.25, -0.2) is 0 Å². The standard InChI is InChI=1S/C14H13ClS/c15-12-7-5-10(6-8-12)14-9-11-3-1-2-4-13(11)16-14/h5-9H,1-4H2. The molecule has 0 saturated carbocycles. The summed E-state index contributed by atoms with van der Waals surface area (Å²) in [7, 11) is 0. The molecule has 0 saturated heterocycles. The molecular formula is C14H13ClS. The predicted octanol–water partition coefficient (Wildman–Crippen LogP) is 4.95. The van der Waals surface area contributed by atoms with Crippen molar-refractivity contribution >= 4 is 22.9 Å². The van der Waals surface area contributed by atoms with E-state index in [4.69, 9.17) is 11.6 Å². The third-order valence-electron chi connectivity index (χ3n) is 3.13. The van der Waals surface area contributed by atoms with E-state index in [2.05, 4.69) is 18.2 Å². The average molecular weight is 249 g/mol. The van der Waals surface area contributed by atoms with Crippen LogP contribution in [0.15, 0.2) is 30.3 Å². The maximum atomic E-state index is 5.90. The van der Waals surface area contributed by atoms with Crippen molar-refractivity contribution in [1.82, 2.24) is 0 Å². The van der Waals surface area contributed by atoms with Gasteiger partial charge in [-0.2, -0.15) is 0 Å². The van der Waals surface area contributed by atoms with Crippen LogP contribution in [-0.4, -0.2) is 0 Å². The first-order chi connectivity index (χ1) is 7.83. The second-order valence-corrected chi connectivity index (χ2v) is 5.85. The second kappa shape index (κ2) is 4.23. The Balaban J connectivity index is 2.00. The molecule has 1 heterocycles. The van der Waals surface area contributed by atoms with Gasteiger partial charge in [0, 0.05) is 14.8 Å². The van der Waals surface area contributed by atoms with Crippen molar-refractivity contribution in [3.05, 3.63) is 45.8 Å². The van der Waals surface area contributed by atoms with Crippen LogP contribution >= 0.6 is 22.9 Å².